The topological polar surface area (TPSA) is 33.2 Å². The summed E-state index contributed by atoms with van der Waals surface area (Å²) >= 11 is 0. The summed E-state index contributed by atoms with van der Waals surface area (Å²) in [5.41, 5.74) is 1.19. The zero-order valence-corrected chi connectivity index (χ0v) is 9.30. The van der Waals surface area contributed by atoms with Gasteiger partial charge < -0.3 is 4.90 Å². The van der Waals surface area contributed by atoms with Crippen LogP contribution in [0.1, 0.15) is 43.7 Å². The van der Waals surface area contributed by atoms with Crippen LogP contribution in [0.15, 0.2) is 24.5 Å². The van der Waals surface area contributed by atoms with Gasteiger partial charge in [-0.1, -0.05) is 6.07 Å². The molecule has 0 radical (unpaired) electrons. The van der Waals surface area contributed by atoms with E-state index in [2.05, 4.69) is 16.0 Å². The van der Waals surface area contributed by atoms with Crippen molar-refractivity contribution >= 4 is 5.91 Å². The molecule has 1 aromatic rings. The molecule has 0 aromatic carbocycles. The lowest BCUT2D eigenvalue weighted by atomic mass is 9.90. The number of aromatic nitrogens is 1. The van der Waals surface area contributed by atoms with Gasteiger partial charge in [0.25, 0.3) is 0 Å². The van der Waals surface area contributed by atoms with E-state index in [-0.39, 0.29) is 6.04 Å². The molecule has 1 saturated heterocycles. The van der Waals surface area contributed by atoms with Gasteiger partial charge in [0.05, 0.1) is 6.04 Å². The van der Waals surface area contributed by atoms with Crippen molar-refractivity contribution in [3.05, 3.63) is 30.1 Å². The summed E-state index contributed by atoms with van der Waals surface area (Å²) in [6.45, 7) is 0. The molecular formula is C13H16N2O. The Labute approximate surface area is 95.5 Å². The van der Waals surface area contributed by atoms with Crippen LogP contribution in [0.3, 0.4) is 0 Å². The lowest BCUT2D eigenvalue weighted by molar-refractivity contribution is -0.133. The fraction of sp³-hybridized carbons (Fsp3) is 0.538. The average Bonchev–Trinajstić information content (AvgIpc) is 2.60. The molecule has 1 aromatic heterocycles. The third-order valence-corrected chi connectivity index (χ3v) is 3.79. The molecule has 0 bridgehead atoms. The maximum atomic E-state index is 11.9. The molecule has 84 valence electrons. The van der Waals surface area contributed by atoms with Crippen LogP contribution in [0.4, 0.5) is 0 Å². The normalized spacial score (nSPS) is 25.9. The van der Waals surface area contributed by atoms with Crippen LogP contribution in [-0.2, 0) is 4.79 Å². The van der Waals surface area contributed by atoms with Crippen LogP contribution in [-0.4, -0.2) is 21.8 Å². The van der Waals surface area contributed by atoms with E-state index in [1.54, 1.807) is 6.20 Å². The maximum absolute atomic E-state index is 11.9. The number of nitrogens with zero attached hydrogens (tertiary/aromatic N) is 2. The minimum Gasteiger partial charge on any atom is -0.333 e. The minimum atomic E-state index is 0.284. The SMILES string of the molecule is O=C1CCC(c2cccnc2)N1C1CCC1. The van der Waals surface area contributed by atoms with E-state index >= 15 is 0 Å². The summed E-state index contributed by atoms with van der Waals surface area (Å²) in [6.07, 6.45) is 8.99. The molecule has 2 fully saturated rings. The van der Waals surface area contributed by atoms with Gasteiger partial charge in [-0.15, -0.1) is 0 Å². The van der Waals surface area contributed by atoms with E-state index in [1.165, 1.54) is 24.8 Å². The summed E-state index contributed by atoms with van der Waals surface area (Å²) in [5, 5.41) is 0. The van der Waals surface area contributed by atoms with Crippen LogP contribution in [0.5, 0.6) is 0 Å². The number of hydrogen-bond donors (Lipinski definition) is 0. The van der Waals surface area contributed by atoms with Gasteiger partial charge in [0.15, 0.2) is 0 Å². The number of amides is 1. The number of likely N-dealkylation sites (tertiary alicyclic amines) is 1. The highest BCUT2D eigenvalue weighted by Gasteiger charge is 2.39. The quantitative estimate of drug-likeness (QED) is 0.760. The van der Waals surface area contributed by atoms with E-state index in [0.29, 0.717) is 18.4 Å². The molecule has 3 nitrogen and oxygen atoms in total. The summed E-state index contributed by atoms with van der Waals surface area (Å²) in [6, 6.07) is 4.82. The van der Waals surface area contributed by atoms with Crippen molar-refractivity contribution in [2.24, 2.45) is 0 Å². The van der Waals surface area contributed by atoms with Crippen molar-refractivity contribution in [1.29, 1.82) is 0 Å². The van der Waals surface area contributed by atoms with Gasteiger partial charge in [0.1, 0.15) is 0 Å². The number of pyridine rings is 1. The highest BCUT2D eigenvalue weighted by molar-refractivity contribution is 5.79. The monoisotopic (exact) mass is 216 g/mol. The Bertz CT molecular complexity index is 386. The zero-order chi connectivity index (χ0) is 11.0. The highest BCUT2D eigenvalue weighted by Crippen LogP contribution is 2.39. The Kier molecular flexibility index (Phi) is 2.39. The second kappa shape index (κ2) is 3.89. The van der Waals surface area contributed by atoms with Crippen LogP contribution in [0.2, 0.25) is 0 Å². The predicted molar refractivity (Wildman–Crippen MR) is 60.7 cm³/mol. The van der Waals surface area contributed by atoms with Gasteiger partial charge in [0.2, 0.25) is 5.91 Å². The molecule has 1 saturated carbocycles. The van der Waals surface area contributed by atoms with Crippen molar-refractivity contribution < 1.29 is 4.79 Å². The number of hydrogen-bond acceptors (Lipinski definition) is 2. The summed E-state index contributed by atoms with van der Waals surface area (Å²) in [7, 11) is 0. The van der Waals surface area contributed by atoms with E-state index < -0.39 is 0 Å². The first-order chi connectivity index (χ1) is 7.86. The molecule has 0 spiro atoms. The van der Waals surface area contributed by atoms with Crippen LogP contribution < -0.4 is 0 Å². The fourth-order valence-corrected chi connectivity index (χ4v) is 2.73. The van der Waals surface area contributed by atoms with Crippen LogP contribution in [0, 0.1) is 0 Å². The molecule has 1 aliphatic carbocycles. The lowest BCUT2D eigenvalue weighted by Gasteiger charge is -2.38. The number of rotatable bonds is 2. The molecule has 1 amide bonds. The van der Waals surface area contributed by atoms with Gasteiger partial charge >= 0.3 is 0 Å². The Hall–Kier alpha value is -1.38. The molecule has 1 atom stereocenters. The number of carbonyl (C=O) groups excluding carboxylic acids is 1. The van der Waals surface area contributed by atoms with Crippen molar-refractivity contribution in [3.8, 4) is 0 Å². The molecule has 2 heterocycles. The van der Waals surface area contributed by atoms with Gasteiger partial charge in [-0.25, -0.2) is 0 Å². The largest absolute Gasteiger partial charge is 0.333 e. The third-order valence-electron chi connectivity index (χ3n) is 3.79. The predicted octanol–water partition coefficient (Wildman–Crippen LogP) is 2.30. The van der Waals surface area contributed by atoms with Crippen LogP contribution in [0.25, 0.3) is 0 Å². The average molecular weight is 216 g/mol. The fourth-order valence-electron chi connectivity index (χ4n) is 2.73. The third kappa shape index (κ3) is 1.51. The molecule has 3 rings (SSSR count). The van der Waals surface area contributed by atoms with E-state index in [0.717, 1.165) is 6.42 Å². The number of carbonyl (C=O) groups is 1. The first-order valence-electron chi connectivity index (χ1n) is 6.07. The molecule has 3 heteroatoms. The van der Waals surface area contributed by atoms with E-state index in [1.807, 2.05) is 12.3 Å². The summed E-state index contributed by atoms with van der Waals surface area (Å²) in [4.78, 5) is 18.2. The smallest absolute Gasteiger partial charge is 0.223 e. The van der Waals surface area contributed by atoms with Crippen molar-refractivity contribution in [1.82, 2.24) is 9.88 Å². The summed E-state index contributed by atoms with van der Waals surface area (Å²) in [5.74, 6) is 0.332. The summed E-state index contributed by atoms with van der Waals surface area (Å²) < 4.78 is 0. The zero-order valence-electron chi connectivity index (χ0n) is 9.30. The molecule has 0 N–H and O–H groups in total. The Morgan fingerprint density at radius 2 is 2.19 bits per heavy atom. The lowest BCUT2D eigenvalue weighted by Crippen LogP contribution is -2.42. The highest BCUT2D eigenvalue weighted by atomic mass is 16.2. The molecule has 1 aliphatic heterocycles. The van der Waals surface area contributed by atoms with Gasteiger partial charge in [-0.05, 0) is 37.3 Å². The first kappa shape index (κ1) is 9.82. The van der Waals surface area contributed by atoms with Gasteiger partial charge in [-0.2, -0.15) is 0 Å². The van der Waals surface area contributed by atoms with Crippen LogP contribution >= 0.6 is 0 Å². The van der Waals surface area contributed by atoms with Crippen molar-refractivity contribution in [2.45, 2.75) is 44.2 Å². The Balaban J connectivity index is 1.86. The van der Waals surface area contributed by atoms with E-state index in [4.69, 9.17) is 0 Å². The first-order valence-corrected chi connectivity index (χ1v) is 6.07. The van der Waals surface area contributed by atoms with E-state index in [9.17, 15) is 4.79 Å². The molecule has 16 heavy (non-hydrogen) atoms. The Morgan fingerprint density at radius 3 is 2.81 bits per heavy atom. The van der Waals surface area contributed by atoms with Gasteiger partial charge in [-0.3, -0.25) is 9.78 Å². The maximum Gasteiger partial charge on any atom is 0.223 e. The second-order valence-electron chi connectivity index (χ2n) is 4.73. The molecule has 2 aliphatic rings. The van der Waals surface area contributed by atoms with Gasteiger partial charge in [0, 0.05) is 24.9 Å². The van der Waals surface area contributed by atoms with Crippen molar-refractivity contribution in [2.75, 3.05) is 0 Å². The van der Waals surface area contributed by atoms with Crippen molar-refractivity contribution in [3.63, 3.8) is 0 Å². The minimum absolute atomic E-state index is 0.284. The molecule has 1 unspecified atom stereocenters. The standard InChI is InChI=1S/C13H16N2O/c16-13-7-6-12(10-3-2-8-14-9-10)15(13)11-4-1-5-11/h2-3,8-9,11-12H,1,4-7H2. The second-order valence-corrected chi connectivity index (χ2v) is 4.73. The molecular weight excluding hydrogens is 200 g/mol. The Morgan fingerprint density at radius 1 is 1.31 bits per heavy atom.